The van der Waals surface area contributed by atoms with Gasteiger partial charge in [-0.05, 0) is 30.2 Å². The number of phenolic OH excluding ortho intramolecular Hbond substituents is 1. The highest BCUT2D eigenvalue weighted by Crippen LogP contribution is 2.34. The number of carbonyl (C=O) groups excluding carboxylic acids is 2. The molecule has 8 N–H and O–H groups in total. The summed E-state index contributed by atoms with van der Waals surface area (Å²) in [4.78, 5) is 50.8. The molecule has 0 bridgehead atoms. The molecule has 2 aliphatic rings. The van der Waals surface area contributed by atoms with Crippen LogP contribution in [0.15, 0.2) is 58.0 Å². The van der Waals surface area contributed by atoms with Crippen LogP contribution in [0.5, 0.6) is 5.75 Å². The van der Waals surface area contributed by atoms with Gasteiger partial charge in [-0.15, -0.1) is 0 Å². The van der Waals surface area contributed by atoms with E-state index in [0.717, 1.165) is 28.5 Å². The number of ether oxygens (including phenoxy) is 4. The van der Waals surface area contributed by atoms with Crippen molar-refractivity contribution in [1.82, 2.24) is 14.9 Å². The van der Waals surface area contributed by atoms with E-state index in [2.05, 4.69) is 5.32 Å². The van der Waals surface area contributed by atoms with Gasteiger partial charge >= 0.3 is 5.69 Å². The molecule has 41 heavy (non-hydrogen) atoms. The van der Waals surface area contributed by atoms with Gasteiger partial charge in [-0.3, -0.25) is 23.9 Å². The predicted molar refractivity (Wildman–Crippen MR) is 136 cm³/mol. The predicted octanol–water partition coefficient (Wildman–Crippen LogP) is -3.29. The van der Waals surface area contributed by atoms with Gasteiger partial charge in [0.1, 0.15) is 36.3 Å². The zero-order chi connectivity index (χ0) is 29.8. The van der Waals surface area contributed by atoms with Crippen molar-refractivity contribution in [3.8, 4) is 5.75 Å². The van der Waals surface area contributed by atoms with E-state index < -0.39 is 78.0 Å². The lowest BCUT2D eigenvalue weighted by atomic mass is 10.0. The number of H-pyrrole nitrogens is 1. The zero-order valence-electron chi connectivity index (χ0n) is 21.7. The molecule has 16 nitrogen and oxygen atoms in total. The van der Waals surface area contributed by atoms with E-state index in [9.17, 15) is 39.6 Å². The van der Waals surface area contributed by atoms with Gasteiger partial charge in [0, 0.05) is 25.9 Å². The quantitative estimate of drug-likeness (QED) is 0.147. The van der Waals surface area contributed by atoms with E-state index >= 15 is 0 Å². The van der Waals surface area contributed by atoms with Crippen molar-refractivity contribution in [3.63, 3.8) is 0 Å². The third-order valence-corrected chi connectivity index (χ3v) is 6.56. The summed E-state index contributed by atoms with van der Waals surface area (Å²) >= 11 is 0. The number of amides is 2. The van der Waals surface area contributed by atoms with Crippen molar-refractivity contribution < 1.29 is 49.0 Å². The van der Waals surface area contributed by atoms with Crippen LogP contribution < -0.4 is 22.3 Å². The van der Waals surface area contributed by atoms with Gasteiger partial charge in [-0.1, -0.05) is 12.1 Å². The molecular formula is C25H30N4O12. The molecule has 1 aromatic heterocycles. The number of nitrogens with zero attached hydrogens (tertiary/aromatic N) is 1. The van der Waals surface area contributed by atoms with Crippen molar-refractivity contribution in [2.45, 2.75) is 55.6 Å². The Bertz CT molecular complexity index is 1390. The highest BCUT2D eigenvalue weighted by Gasteiger charge is 2.52. The summed E-state index contributed by atoms with van der Waals surface area (Å²) in [6.45, 7) is 0.160. The second-order valence-corrected chi connectivity index (χ2v) is 9.33. The Labute approximate surface area is 231 Å². The maximum atomic E-state index is 12.7. The molecule has 16 heteroatoms. The first-order chi connectivity index (χ1) is 19.5. The number of nitrogens with one attached hydrogen (secondary N) is 2. The van der Waals surface area contributed by atoms with Crippen molar-refractivity contribution in [1.29, 1.82) is 0 Å². The number of nitrogens with two attached hydrogens (primary N) is 1. The lowest BCUT2D eigenvalue weighted by Crippen LogP contribution is -2.54. The lowest BCUT2D eigenvalue weighted by Gasteiger charge is -2.35. The number of aliphatic hydroxyl groups excluding tert-OH is 3. The SMILES string of the molecule is CO[C@H]1[C@@H](O)[C@H](n2ccc(=O)[nH]c2=O)O[C@@H]1[C@@H](O[C@H]1OC(C(=O)NCCc2ccc(O)cc2)=C[C@H](O)[C@@H]1O)C(N)=O. The Morgan fingerprint density at radius 2 is 1.85 bits per heavy atom. The number of phenols is 1. The number of methoxy groups -OCH3 is 1. The fourth-order valence-electron chi connectivity index (χ4n) is 4.46. The van der Waals surface area contributed by atoms with E-state index in [1.807, 2.05) is 4.98 Å². The molecule has 0 aliphatic carbocycles. The Kier molecular flexibility index (Phi) is 9.21. The fraction of sp³-hybridized carbons (Fsp3) is 0.440. The van der Waals surface area contributed by atoms with Crippen LogP contribution in [-0.2, 0) is 35.0 Å². The van der Waals surface area contributed by atoms with Crippen LogP contribution in [0.2, 0.25) is 0 Å². The molecule has 3 heterocycles. The maximum absolute atomic E-state index is 12.7. The largest absolute Gasteiger partial charge is 0.508 e. The second-order valence-electron chi connectivity index (χ2n) is 9.33. The van der Waals surface area contributed by atoms with E-state index in [1.165, 1.54) is 19.2 Å². The van der Waals surface area contributed by atoms with Crippen molar-refractivity contribution >= 4 is 11.8 Å². The minimum Gasteiger partial charge on any atom is -0.508 e. The number of rotatable bonds is 10. The van der Waals surface area contributed by atoms with Gasteiger partial charge in [0.2, 0.25) is 12.2 Å². The van der Waals surface area contributed by atoms with Crippen LogP contribution in [0.25, 0.3) is 0 Å². The monoisotopic (exact) mass is 578 g/mol. The first kappa shape index (κ1) is 29.9. The van der Waals surface area contributed by atoms with Crippen molar-refractivity contribution in [3.05, 3.63) is 74.8 Å². The van der Waals surface area contributed by atoms with E-state index in [-0.39, 0.29) is 12.3 Å². The molecule has 2 aliphatic heterocycles. The number of aromatic nitrogens is 2. The molecule has 1 fully saturated rings. The smallest absolute Gasteiger partial charge is 0.330 e. The van der Waals surface area contributed by atoms with Crippen LogP contribution in [0.3, 0.4) is 0 Å². The molecule has 8 atom stereocenters. The third-order valence-electron chi connectivity index (χ3n) is 6.56. The molecular weight excluding hydrogens is 548 g/mol. The summed E-state index contributed by atoms with van der Waals surface area (Å²) in [5, 5.41) is 43.6. The van der Waals surface area contributed by atoms with Gasteiger partial charge in [0.25, 0.3) is 11.5 Å². The molecule has 0 saturated carbocycles. The average molecular weight is 579 g/mol. The van der Waals surface area contributed by atoms with Crippen molar-refractivity contribution in [2.75, 3.05) is 13.7 Å². The van der Waals surface area contributed by atoms with E-state index in [4.69, 9.17) is 24.7 Å². The summed E-state index contributed by atoms with van der Waals surface area (Å²) in [7, 11) is 1.19. The highest BCUT2D eigenvalue weighted by atomic mass is 16.7. The van der Waals surface area contributed by atoms with Gasteiger partial charge in [-0.25, -0.2) is 4.79 Å². The first-order valence-corrected chi connectivity index (χ1v) is 12.4. The molecule has 1 aromatic carbocycles. The second kappa shape index (κ2) is 12.6. The van der Waals surface area contributed by atoms with Gasteiger partial charge in [0.05, 0.1) is 0 Å². The molecule has 0 unspecified atom stereocenters. The van der Waals surface area contributed by atoms with Crippen LogP contribution in [-0.4, -0.2) is 98.4 Å². The van der Waals surface area contributed by atoms with E-state index in [1.54, 1.807) is 12.1 Å². The summed E-state index contributed by atoms with van der Waals surface area (Å²) in [5.41, 5.74) is 4.76. The first-order valence-electron chi connectivity index (χ1n) is 12.4. The van der Waals surface area contributed by atoms with Gasteiger partial charge in [-0.2, -0.15) is 0 Å². The Morgan fingerprint density at radius 3 is 2.49 bits per heavy atom. The number of carbonyl (C=O) groups is 2. The topological polar surface area (TPSA) is 245 Å². The summed E-state index contributed by atoms with van der Waals surface area (Å²) in [5.74, 6) is -2.20. The molecule has 2 amide bonds. The van der Waals surface area contributed by atoms with Crippen molar-refractivity contribution in [2.24, 2.45) is 5.73 Å². The Hall–Kier alpha value is -4.06. The minimum atomic E-state index is -1.79. The van der Waals surface area contributed by atoms with Crippen LogP contribution in [0.4, 0.5) is 0 Å². The summed E-state index contributed by atoms with van der Waals surface area (Å²) in [6.07, 6.45) is -10.3. The maximum Gasteiger partial charge on any atom is 0.330 e. The molecule has 0 radical (unpaired) electrons. The number of hydrogen-bond acceptors (Lipinski definition) is 12. The number of primary amides is 1. The summed E-state index contributed by atoms with van der Waals surface area (Å²) in [6, 6.07) is 7.38. The standard InChI is InChI=1S/C25H30N4O12/c1-38-18-17(34)23(29-9-7-15(32)28-25(29)37)40-19(18)20(21(26)35)41-24-16(33)13(31)10-14(39-24)22(36)27-8-6-11-2-4-12(30)5-3-11/h2-5,7,9-10,13,16-20,23-24,30-31,33-34H,6,8H2,1H3,(H2,26,35)(H,27,36)(H,28,32,37)/t13-,16-,17+,18-,19-,20+,23+,24+/m0/s1. The number of aliphatic hydroxyl groups is 3. The third kappa shape index (κ3) is 6.64. The van der Waals surface area contributed by atoms with Gasteiger partial charge in [0.15, 0.2) is 18.1 Å². The number of aromatic hydroxyl groups is 1. The highest BCUT2D eigenvalue weighted by molar-refractivity contribution is 5.91. The number of hydrogen-bond donors (Lipinski definition) is 7. The Balaban J connectivity index is 1.46. The molecule has 0 spiro atoms. The number of benzene rings is 1. The minimum absolute atomic E-state index is 0.0987. The average Bonchev–Trinajstić information content (AvgIpc) is 3.25. The van der Waals surface area contributed by atoms with Gasteiger partial charge < -0.3 is 50.4 Å². The Morgan fingerprint density at radius 1 is 1.15 bits per heavy atom. The van der Waals surface area contributed by atoms with Crippen LogP contribution in [0, 0.1) is 0 Å². The normalized spacial score (nSPS) is 28.4. The fourth-order valence-corrected chi connectivity index (χ4v) is 4.46. The lowest BCUT2D eigenvalue weighted by molar-refractivity contribution is -0.241. The zero-order valence-corrected chi connectivity index (χ0v) is 21.7. The summed E-state index contributed by atoms with van der Waals surface area (Å²) < 4.78 is 22.9. The molecule has 1 saturated heterocycles. The number of aromatic amines is 1. The van der Waals surface area contributed by atoms with Crippen LogP contribution in [0.1, 0.15) is 11.8 Å². The van der Waals surface area contributed by atoms with Crippen LogP contribution >= 0.6 is 0 Å². The molecule has 4 rings (SSSR count). The molecule has 222 valence electrons. The molecule has 2 aromatic rings. The van der Waals surface area contributed by atoms with E-state index in [0.29, 0.717) is 6.42 Å².